The van der Waals surface area contributed by atoms with Crippen molar-refractivity contribution in [3.63, 3.8) is 0 Å². The monoisotopic (exact) mass is 355 g/mol. The summed E-state index contributed by atoms with van der Waals surface area (Å²) in [5, 5.41) is 0. The van der Waals surface area contributed by atoms with Crippen molar-refractivity contribution in [2.45, 2.75) is 110 Å². The number of unbranched alkanes of at least 4 members (excludes halogenated alkanes) is 14. The number of carbonyl (C=O) groups excluding carboxylic acids is 1. The van der Waals surface area contributed by atoms with Gasteiger partial charge in [-0.05, 0) is 20.5 Å². The lowest BCUT2D eigenvalue weighted by Gasteiger charge is -2.09. The highest BCUT2D eigenvalue weighted by Crippen LogP contribution is 2.13. The zero-order valence-electron chi connectivity index (χ0n) is 17.5. The molecule has 0 N–H and O–H groups in total. The maximum Gasteiger partial charge on any atom is 0.305 e. The van der Waals surface area contributed by atoms with E-state index in [1.54, 1.807) is 0 Å². The summed E-state index contributed by atoms with van der Waals surface area (Å²) in [5.74, 6) is -0.0310. The summed E-state index contributed by atoms with van der Waals surface area (Å²) in [6.45, 7) is 3.61. The summed E-state index contributed by atoms with van der Waals surface area (Å²) in [6, 6.07) is 0. The van der Waals surface area contributed by atoms with Gasteiger partial charge in [0.05, 0.1) is 0 Å². The minimum Gasteiger partial charge on any atom is -0.464 e. The summed E-state index contributed by atoms with van der Waals surface area (Å²) in [5.41, 5.74) is 0. The van der Waals surface area contributed by atoms with Crippen LogP contribution in [0, 0.1) is 0 Å². The second-order valence-electron chi connectivity index (χ2n) is 7.72. The van der Waals surface area contributed by atoms with Crippen LogP contribution < -0.4 is 0 Å². The van der Waals surface area contributed by atoms with Crippen molar-refractivity contribution in [3.05, 3.63) is 0 Å². The average molecular weight is 356 g/mol. The Morgan fingerprint density at radius 2 is 1.08 bits per heavy atom. The average Bonchev–Trinajstić information content (AvgIpc) is 2.58. The van der Waals surface area contributed by atoms with Gasteiger partial charge in [0.15, 0.2) is 0 Å². The molecular formula is C22H45NO2. The molecule has 3 nitrogen and oxygen atoms in total. The summed E-state index contributed by atoms with van der Waals surface area (Å²) in [4.78, 5) is 13.5. The Balaban J connectivity index is 3.10. The van der Waals surface area contributed by atoms with Gasteiger partial charge in [0, 0.05) is 13.0 Å². The predicted molar refractivity (Wildman–Crippen MR) is 109 cm³/mol. The molecule has 25 heavy (non-hydrogen) atoms. The van der Waals surface area contributed by atoms with Crippen molar-refractivity contribution < 1.29 is 9.53 Å². The molecule has 0 aromatic carbocycles. The van der Waals surface area contributed by atoms with Gasteiger partial charge in [0.1, 0.15) is 6.61 Å². The van der Waals surface area contributed by atoms with Gasteiger partial charge in [-0.15, -0.1) is 0 Å². The highest BCUT2D eigenvalue weighted by molar-refractivity contribution is 5.69. The van der Waals surface area contributed by atoms with Crippen molar-refractivity contribution in [2.24, 2.45) is 0 Å². The summed E-state index contributed by atoms with van der Waals surface area (Å²) >= 11 is 0. The molecular weight excluding hydrogens is 310 g/mol. The van der Waals surface area contributed by atoms with E-state index in [1.165, 1.54) is 89.9 Å². The van der Waals surface area contributed by atoms with Crippen LogP contribution in [0.25, 0.3) is 0 Å². The minimum absolute atomic E-state index is 0.0310. The van der Waals surface area contributed by atoms with E-state index >= 15 is 0 Å². The van der Waals surface area contributed by atoms with Crippen molar-refractivity contribution in [1.82, 2.24) is 4.90 Å². The number of nitrogens with zero attached hydrogens (tertiary/aromatic N) is 1. The maximum absolute atomic E-state index is 11.5. The van der Waals surface area contributed by atoms with Crippen molar-refractivity contribution in [3.8, 4) is 0 Å². The smallest absolute Gasteiger partial charge is 0.305 e. The normalized spacial score (nSPS) is 11.2. The zero-order valence-corrected chi connectivity index (χ0v) is 17.5. The van der Waals surface area contributed by atoms with Gasteiger partial charge < -0.3 is 9.64 Å². The molecule has 0 aromatic rings. The summed E-state index contributed by atoms with van der Waals surface area (Å²) in [6.07, 6.45) is 20.9. The van der Waals surface area contributed by atoms with Crippen LogP contribution in [0.4, 0.5) is 0 Å². The van der Waals surface area contributed by atoms with E-state index in [0.29, 0.717) is 13.0 Å². The van der Waals surface area contributed by atoms with Gasteiger partial charge in [-0.2, -0.15) is 0 Å². The Morgan fingerprint density at radius 3 is 1.48 bits per heavy atom. The SMILES string of the molecule is CCCCCCCCCCCCCCCCCC(=O)OCCN(C)C. The van der Waals surface area contributed by atoms with Crippen LogP contribution >= 0.6 is 0 Å². The Kier molecular flexibility index (Phi) is 19.3. The van der Waals surface area contributed by atoms with Crippen LogP contribution in [0.5, 0.6) is 0 Å². The van der Waals surface area contributed by atoms with E-state index in [4.69, 9.17) is 4.74 Å². The fourth-order valence-electron chi connectivity index (χ4n) is 3.05. The second kappa shape index (κ2) is 19.8. The van der Waals surface area contributed by atoms with Crippen molar-refractivity contribution >= 4 is 5.97 Å². The van der Waals surface area contributed by atoms with Gasteiger partial charge >= 0.3 is 5.97 Å². The third-order valence-electron chi connectivity index (χ3n) is 4.79. The molecule has 0 fully saturated rings. The van der Waals surface area contributed by atoms with Crippen LogP contribution in [0.3, 0.4) is 0 Å². The number of carbonyl (C=O) groups is 1. The molecule has 150 valence electrons. The van der Waals surface area contributed by atoms with Crippen molar-refractivity contribution in [1.29, 1.82) is 0 Å². The number of rotatable bonds is 19. The first kappa shape index (κ1) is 24.4. The molecule has 0 aromatic heterocycles. The second-order valence-corrected chi connectivity index (χ2v) is 7.72. The predicted octanol–water partition coefficient (Wildman–Crippen LogP) is 6.35. The van der Waals surface area contributed by atoms with Gasteiger partial charge in [0.25, 0.3) is 0 Å². The maximum atomic E-state index is 11.5. The lowest BCUT2D eigenvalue weighted by Crippen LogP contribution is -2.20. The Morgan fingerprint density at radius 1 is 0.680 bits per heavy atom. The van der Waals surface area contributed by atoms with E-state index in [2.05, 4.69) is 6.92 Å². The van der Waals surface area contributed by atoms with Gasteiger partial charge in [0.2, 0.25) is 0 Å². The molecule has 0 bridgehead atoms. The molecule has 0 saturated heterocycles. The molecule has 0 unspecified atom stereocenters. The quantitative estimate of drug-likeness (QED) is 0.200. The van der Waals surface area contributed by atoms with Crippen LogP contribution in [0.1, 0.15) is 110 Å². The number of likely N-dealkylation sites (N-methyl/N-ethyl adjacent to an activating group) is 1. The first-order chi connectivity index (χ1) is 12.2. The number of ether oxygens (including phenoxy) is 1. The van der Waals surface area contributed by atoms with Crippen molar-refractivity contribution in [2.75, 3.05) is 27.2 Å². The molecule has 0 aliphatic heterocycles. The lowest BCUT2D eigenvalue weighted by atomic mass is 10.0. The van der Waals surface area contributed by atoms with Crippen LogP contribution in [-0.4, -0.2) is 38.1 Å². The minimum atomic E-state index is -0.0310. The largest absolute Gasteiger partial charge is 0.464 e. The Labute approximate surface area is 157 Å². The Bertz CT molecular complexity index is 279. The van der Waals surface area contributed by atoms with E-state index in [-0.39, 0.29) is 5.97 Å². The summed E-state index contributed by atoms with van der Waals surface area (Å²) < 4.78 is 5.19. The highest BCUT2D eigenvalue weighted by Gasteiger charge is 2.02. The molecule has 0 heterocycles. The fraction of sp³-hybridized carbons (Fsp3) is 0.955. The summed E-state index contributed by atoms with van der Waals surface area (Å²) in [7, 11) is 3.98. The number of hydrogen-bond acceptors (Lipinski definition) is 3. The Hall–Kier alpha value is -0.570. The molecule has 0 amide bonds. The van der Waals surface area contributed by atoms with Crippen LogP contribution in [0.2, 0.25) is 0 Å². The van der Waals surface area contributed by atoms with Gasteiger partial charge in [-0.25, -0.2) is 0 Å². The topological polar surface area (TPSA) is 29.5 Å². The molecule has 0 atom stereocenters. The zero-order chi connectivity index (χ0) is 18.6. The molecule has 0 radical (unpaired) electrons. The molecule has 0 spiro atoms. The highest BCUT2D eigenvalue weighted by atomic mass is 16.5. The molecule has 0 rings (SSSR count). The molecule has 3 heteroatoms. The fourth-order valence-corrected chi connectivity index (χ4v) is 3.05. The lowest BCUT2D eigenvalue weighted by molar-refractivity contribution is -0.144. The molecule has 0 aliphatic carbocycles. The van der Waals surface area contributed by atoms with Crippen LogP contribution in [-0.2, 0) is 9.53 Å². The first-order valence-electron chi connectivity index (χ1n) is 11.0. The van der Waals surface area contributed by atoms with Crippen LogP contribution in [0.15, 0.2) is 0 Å². The standard InChI is InChI=1S/C22H45NO2/c1-4-5-6-7-8-9-10-11-12-13-14-15-16-17-18-19-22(24)25-21-20-23(2)3/h4-21H2,1-3H3. The number of esters is 1. The van der Waals surface area contributed by atoms with E-state index in [1.807, 2.05) is 19.0 Å². The van der Waals surface area contributed by atoms with Gasteiger partial charge in [-0.1, -0.05) is 96.8 Å². The number of hydrogen-bond donors (Lipinski definition) is 0. The van der Waals surface area contributed by atoms with Gasteiger partial charge in [-0.3, -0.25) is 4.79 Å². The van der Waals surface area contributed by atoms with E-state index < -0.39 is 0 Å². The first-order valence-corrected chi connectivity index (χ1v) is 11.0. The molecule has 0 aliphatic rings. The van der Waals surface area contributed by atoms with E-state index in [0.717, 1.165) is 13.0 Å². The van der Waals surface area contributed by atoms with E-state index in [9.17, 15) is 4.79 Å². The molecule has 0 saturated carbocycles. The third kappa shape index (κ3) is 21.4. The third-order valence-corrected chi connectivity index (χ3v) is 4.79.